The number of methoxy groups -OCH3 is 1. The molecule has 1 atom stereocenters. The third-order valence-corrected chi connectivity index (χ3v) is 5.28. The summed E-state index contributed by atoms with van der Waals surface area (Å²) in [5.74, 6) is 0.298. The highest BCUT2D eigenvalue weighted by molar-refractivity contribution is 9.10. The van der Waals surface area contributed by atoms with Crippen LogP contribution in [0, 0.1) is 12.7 Å². The topological polar surface area (TPSA) is 9.23 Å². The molecule has 0 aliphatic heterocycles. The molecular weight excluding hydrogens is 410 g/mol. The molecule has 1 unspecified atom stereocenters. The molecule has 0 bridgehead atoms. The van der Waals surface area contributed by atoms with E-state index >= 15 is 0 Å². The van der Waals surface area contributed by atoms with E-state index in [1.807, 2.05) is 19.1 Å². The molecule has 1 nitrogen and oxygen atoms in total. The number of benzene rings is 2. The molecule has 0 aromatic heterocycles. The lowest BCUT2D eigenvalue weighted by atomic mass is 10.0. The molecule has 0 N–H and O–H groups in total. The molecule has 0 heterocycles. The van der Waals surface area contributed by atoms with Crippen molar-refractivity contribution in [3.05, 3.63) is 62.3 Å². The minimum atomic E-state index is -0.432. The van der Waals surface area contributed by atoms with Gasteiger partial charge in [0.1, 0.15) is 11.6 Å². The van der Waals surface area contributed by atoms with E-state index in [0.29, 0.717) is 5.56 Å². The molecule has 2 aromatic carbocycles. The van der Waals surface area contributed by atoms with Crippen molar-refractivity contribution in [1.82, 2.24) is 0 Å². The van der Waals surface area contributed by atoms with Gasteiger partial charge in [0, 0.05) is 10.0 Å². The summed E-state index contributed by atoms with van der Waals surface area (Å²) in [6, 6.07) is 8.65. The fourth-order valence-corrected chi connectivity index (χ4v) is 3.40. The second-order valence-corrected chi connectivity index (χ2v) is 6.50. The van der Waals surface area contributed by atoms with Gasteiger partial charge in [-0.3, -0.25) is 0 Å². The highest BCUT2D eigenvalue weighted by Gasteiger charge is 2.20. The normalized spacial score (nSPS) is 12.3. The van der Waals surface area contributed by atoms with Crippen LogP contribution in [0.15, 0.2) is 34.8 Å². The van der Waals surface area contributed by atoms with Gasteiger partial charge in [-0.1, -0.05) is 55.6 Å². The Hall–Kier alpha value is -0.580. The summed E-state index contributed by atoms with van der Waals surface area (Å²) < 4.78 is 20.0. The van der Waals surface area contributed by atoms with E-state index in [-0.39, 0.29) is 9.85 Å². The van der Waals surface area contributed by atoms with Crippen molar-refractivity contribution in [2.24, 2.45) is 0 Å². The number of halogens is 4. The zero-order chi connectivity index (χ0) is 14.9. The Labute approximate surface area is 139 Å². The summed E-state index contributed by atoms with van der Waals surface area (Å²) in [4.78, 5) is -0.252. The largest absolute Gasteiger partial charge is 0.496 e. The molecule has 0 spiro atoms. The van der Waals surface area contributed by atoms with Gasteiger partial charge in [-0.15, -0.1) is 0 Å². The smallest absolute Gasteiger partial charge is 0.142 e. The molecule has 0 aliphatic rings. The molecule has 20 heavy (non-hydrogen) atoms. The molecule has 0 saturated carbocycles. The van der Waals surface area contributed by atoms with Gasteiger partial charge < -0.3 is 4.74 Å². The summed E-state index contributed by atoms with van der Waals surface area (Å²) >= 11 is 13.1. The predicted octanol–water partition coefficient (Wildman–Crippen LogP) is 6.04. The van der Waals surface area contributed by atoms with Gasteiger partial charge >= 0.3 is 0 Å². The summed E-state index contributed by atoms with van der Waals surface area (Å²) in [5.41, 5.74) is 2.62. The number of rotatable bonds is 3. The van der Waals surface area contributed by atoms with Crippen LogP contribution in [0.5, 0.6) is 5.75 Å². The quantitative estimate of drug-likeness (QED) is 0.548. The number of ether oxygens (including phenoxy) is 1. The van der Waals surface area contributed by atoms with Crippen LogP contribution in [0.4, 0.5) is 4.39 Å². The van der Waals surface area contributed by atoms with Crippen molar-refractivity contribution >= 4 is 43.5 Å². The average molecular weight is 423 g/mol. The van der Waals surface area contributed by atoms with Crippen LogP contribution in [0.3, 0.4) is 0 Å². The molecule has 0 fully saturated rings. The number of alkyl halides is 1. The van der Waals surface area contributed by atoms with Crippen LogP contribution in [0.1, 0.15) is 21.5 Å². The van der Waals surface area contributed by atoms with E-state index in [9.17, 15) is 4.39 Å². The van der Waals surface area contributed by atoms with Gasteiger partial charge in [0.05, 0.1) is 17.0 Å². The minimum Gasteiger partial charge on any atom is -0.496 e. The molecule has 0 saturated heterocycles. The van der Waals surface area contributed by atoms with E-state index in [0.717, 1.165) is 21.3 Å². The molecular formula is C15H12Br2ClFO. The molecule has 0 aliphatic carbocycles. The zero-order valence-electron chi connectivity index (χ0n) is 10.9. The van der Waals surface area contributed by atoms with E-state index in [2.05, 4.69) is 31.9 Å². The Balaban J connectivity index is 2.55. The first-order valence-corrected chi connectivity index (χ1v) is 7.96. The van der Waals surface area contributed by atoms with Crippen molar-refractivity contribution in [1.29, 1.82) is 0 Å². The Kier molecular flexibility index (Phi) is 5.10. The van der Waals surface area contributed by atoms with Gasteiger partial charge in [0.2, 0.25) is 0 Å². The summed E-state index contributed by atoms with van der Waals surface area (Å²) in [7, 11) is 1.61. The third kappa shape index (κ3) is 3.02. The maximum Gasteiger partial charge on any atom is 0.142 e. The van der Waals surface area contributed by atoms with Crippen molar-refractivity contribution in [2.45, 2.75) is 11.8 Å². The molecule has 0 radical (unpaired) electrons. The van der Waals surface area contributed by atoms with E-state index < -0.39 is 5.82 Å². The number of hydrogen-bond acceptors (Lipinski definition) is 1. The van der Waals surface area contributed by atoms with Crippen molar-refractivity contribution in [3.8, 4) is 5.75 Å². The zero-order valence-corrected chi connectivity index (χ0v) is 14.8. The van der Waals surface area contributed by atoms with Gasteiger partial charge in [0.25, 0.3) is 0 Å². The van der Waals surface area contributed by atoms with Crippen LogP contribution in [-0.2, 0) is 0 Å². The first-order valence-electron chi connectivity index (χ1n) is 5.87. The van der Waals surface area contributed by atoms with E-state index in [1.165, 1.54) is 6.07 Å². The Morgan fingerprint density at radius 3 is 2.60 bits per heavy atom. The highest BCUT2D eigenvalue weighted by atomic mass is 79.9. The lowest BCUT2D eigenvalue weighted by Crippen LogP contribution is -2.00. The van der Waals surface area contributed by atoms with Crippen LogP contribution in [0.2, 0.25) is 5.02 Å². The highest BCUT2D eigenvalue weighted by Crippen LogP contribution is 2.42. The summed E-state index contributed by atoms with van der Waals surface area (Å²) in [6.07, 6.45) is 0. The third-order valence-electron chi connectivity index (χ3n) is 3.04. The molecule has 106 valence electrons. The van der Waals surface area contributed by atoms with Crippen molar-refractivity contribution in [2.75, 3.05) is 7.11 Å². The van der Waals surface area contributed by atoms with Gasteiger partial charge in [-0.25, -0.2) is 4.39 Å². The summed E-state index contributed by atoms with van der Waals surface area (Å²) in [6.45, 7) is 1.98. The van der Waals surface area contributed by atoms with Crippen LogP contribution >= 0.6 is 43.5 Å². The number of aryl methyl sites for hydroxylation is 1. The monoisotopic (exact) mass is 420 g/mol. The summed E-state index contributed by atoms with van der Waals surface area (Å²) in [5, 5.41) is 0.119. The van der Waals surface area contributed by atoms with Crippen molar-refractivity contribution < 1.29 is 9.13 Å². The first-order chi connectivity index (χ1) is 9.45. The Bertz CT molecular complexity index is 646. The van der Waals surface area contributed by atoms with Crippen LogP contribution < -0.4 is 4.74 Å². The second kappa shape index (κ2) is 6.46. The fraction of sp³-hybridized carbons (Fsp3) is 0.200. The first kappa shape index (κ1) is 15.8. The maximum absolute atomic E-state index is 13.6. The molecule has 0 amide bonds. The minimum absolute atomic E-state index is 0.119. The van der Waals surface area contributed by atoms with Gasteiger partial charge in [-0.05, 0) is 36.2 Å². The predicted molar refractivity (Wildman–Crippen MR) is 87.6 cm³/mol. The fourth-order valence-electron chi connectivity index (χ4n) is 1.93. The lowest BCUT2D eigenvalue weighted by Gasteiger charge is -2.17. The molecule has 5 heteroatoms. The Morgan fingerprint density at radius 1 is 1.25 bits per heavy atom. The lowest BCUT2D eigenvalue weighted by molar-refractivity contribution is 0.410. The second-order valence-electron chi connectivity index (χ2n) is 4.35. The molecule has 2 rings (SSSR count). The SMILES string of the molecule is COc1cc(C)c(Br)cc1C(Br)c1cccc(F)c1Cl. The molecule has 2 aromatic rings. The van der Waals surface area contributed by atoms with E-state index in [4.69, 9.17) is 16.3 Å². The van der Waals surface area contributed by atoms with Crippen LogP contribution in [-0.4, -0.2) is 7.11 Å². The van der Waals surface area contributed by atoms with Gasteiger partial charge in [-0.2, -0.15) is 0 Å². The Morgan fingerprint density at radius 2 is 1.95 bits per heavy atom. The van der Waals surface area contributed by atoms with E-state index in [1.54, 1.807) is 19.2 Å². The standard InChI is InChI=1S/C15H12Br2ClFO/c1-8-6-13(20-2)10(7-11(8)16)14(17)9-4-3-5-12(19)15(9)18/h3-7,14H,1-2H3. The van der Waals surface area contributed by atoms with Crippen LogP contribution in [0.25, 0.3) is 0 Å². The van der Waals surface area contributed by atoms with Gasteiger partial charge in [0.15, 0.2) is 0 Å². The number of hydrogen-bond donors (Lipinski definition) is 0. The van der Waals surface area contributed by atoms with Crippen molar-refractivity contribution in [3.63, 3.8) is 0 Å². The average Bonchev–Trinajstić information content (AvgIpc) is 2.43. The maximum atomic E-state index is 13.6.